The van der Waals surface area contributed by atoms with E-state index in [9.17, 15) is 18.0 Å². The minimum atomic E-state index is -3.73. The molecule has 1 rings (SSSR count). The number of nitrogens with zero attached hydrogens (tertiary/aromatic N) is 2. The summed E-state index contributed by atoms with van der Waals surface area (Å²) in [5.74, 6) is -0.664. The van der Waals surface area contributed by atoms with Gasteiger partial charge in [0.1, 0.15) is 0 Å². The van der Waals surface area contributed by atoms with Crippen molar-refractivity contribution in [1.82, 2.24) is 0 Å². The van der Waals surface area contributed by atoms with Gasteiger partial charge >= 0.3 is 0 Å². The molecule has 1 aromatic rings. The molecule has 2 amide bonds. The second kappa shape index (κ2) is 7.92. The summed E-state index contributed by atoms with van der Waals surface area (Å²) in [7, 11) is -2.12. The number of sulfonamides is 1. The minimum Gasteiger partial charge on any atom is -0.316 e. The van der Waals surface area contributed by atoms with E-state index in [1.165, 1.54) is 24.0 Å². The fourth-order valence-electron chi connectivity index (χ4n) is 1.95. The number of anilines is 2. The summed E-state index contributed by atoms with van der Waals surface area (Å²) in [5, 5.41) is 0. The number of rotatable bonds is 6. The third-order valence-corrected chi connectivity index (χ3v) is 4.27. The molecule has 0 N–H and O–H groups in total. The Hall–Kier alpha value is -2.15. The van der Waals surface area contributed by atoms with Crippen molar-refractivity contribution in [3.8, 4) is 0 Å². The highest BCUT2D eigenvalue weighted by molar-refractivity contribution is 7.92. The van der Waals surface area contributed by atoms with Gasteiger partial charge in [0, 0.05) is 26.1 Å². The molecule has 0 aliphatic carbocycles. The molecule has 0 aromatic heterocycles. The SMILES string of the molecule is CCC=CCC(=O)N(c1ccc(N(C)C(C)=O)cc1)S(C)(=O)=O. The van der Waals surface area contributed by atoms with E-state index in [1.54, 1.807) is 25.3 Å². The Kier molecular flexibility index (Phi) is 6.50. The Labute approximate surface area is 137 Å². The number of amides is 2. The predicted molar refractivity (Wildman–Crippen MR) is 91.9 cm³/mol. The first-order valence-corrected chi connectivity index (χ1v) is 9.05. The lowest BCUT2D eigenvalue weighted by atomic mass is 10.2. The summed E-state index contributed by atoms with van der Waals surface area (Å²) in [4.78, 5) is 25.0. The zero-order valence-electron chi connectivity index (χ0n) is 13.8. The van der Waals surface area contributed by atoms with Crippen LogP contribution in [0.5, 0.6) is 0 Å². The van der Waals surface area contributed by atoms with Crippen molar-refractivity contribution < 1.29 is 18.0 Å². The lowest BCUT2D eigenvalue weighted by molar-refractivity contribution is -0.117. The maximum absolute atomic E-state index is 12.2. The molecule has 0 aliphatic heterocycles. The number of carbonyl (C=O) groups is 2. The highest BCUT2D eigenvalue weighted by atomic mass is 32.2. The molecule has 23 heavy (non-hydrogen) atoms. The van der Waals surface area contributed by atoms with Gasteiger partial charge in [0.15, 0.2) is 0 Å². The van der Waals surface area contributed by atoms with Gasteiger partial charge in [-0.25, -0.2) is 12.7 Å². The van der Waals surface area contributed by atoms with Crippen LogP contribution in [-0.4, -0.2) is 33.5 Å². The Bertz CT molecular complexity index is 693. The maximum Gasteiger partial charge on any atom is 0.244 e. The van der Waals surface area contributed by atoms with Crippen LogP contribution in [0.1, 0.15) is 26.7 Å². The Balaban J connectivity index is 3.12. The van der Waals surface area contributed by atoms with Gasteiger partial charge in [-0.2, -0.15) is 0 Å². The monoisotopic (exact) mass is 338 g/mol. The highest BCUT2D eigenvalue weighted by Crippen LogP contribution is 2.23. The molecule has 0 atom stereocenters. The Morgan fingerprint density at radius 1 is 1.09 bits per heavy atom. The molecule has 0 fully saturated rings. The molecule has 0 saturated carbocycles. The van der Waals surface area contributed by atoms with Gasteiger partial charge < -0.3 is 4.90 Å². The molecule has 0 spiro atoms. The van der Waals surface area contributed by atoms with Gasteiger partial charge in [0.05, 0.1) is 11.9 Å². The van der Waals surface area contributed by atoms with E-state index in [2.05, 4.69) is 0 Å². The van der Waals surface area contributed by atoms with E-state index in [4.69, 9.17) is 0 Å². The van der Waals surface area contributed by atoms with Gasteiger partial charge in [-0.1, -0.05) is 19.1 Å². The standard InChI is InChI=1S/C16H22N2O4S/c1-5-6-7-8-16(20)18(23(4,21)22)15-11-9-14(10-12-15)17(3)13(2)19/h6-7,9-12H,5,8H2,1-4H3. The second-order valence-corrected chi connectivity index (χ2v) is 6.93. The minimum absolute atomic E-state index is 0.00993. The molecular formula is C16H22N2O4S. The van der Waals surface area contributed by atoms with Gasteiger partial charge in [0.25, 0.3) is 0 Å². The third-order valence-electron chi connectivity index (χ3n) is 3.20. The normalized spacial score (nSPS) is 11.5. The van der Waals surface area contributed by atoms with Crippen LogP contribution < -0.4 is 9.21 Å². The van der Waals surface area contributed by atoms with Crippen molar-refractivity contribution in [2.45, 2.75) is 26.7 Å². The summed E-state index contributed by atoms with van der Waals surface area (Å²) < 4.78 is 24.7. The number of hydrogen-bond acceptors (Lipinski definition) is 4. The Morgan fingerprint density at radius 2 is 1.61 bits per heavy atom. The summed E-state index contributed by atoms with van der Waals surface area (Å²) in [5.41, 5.74) is 0.871. The van der Waals surface area contributed by atoms with Crippen molar-refractivity contribution in [1.29, 1.82) is 0 Å². The first-order chi connectivity index (χ1) is 10.7. The van der Waals surface area contributed by atoms with Crippen molar-refractivity contribution in [2.24, 2.45) is 0 Å². The van der Waals surface area contributed by atoms with Crippen LogP contribution in [-0.2, 0) is 19.6 Å². The van der Waals surface area contributed by atoms with E-state index < -0.39 is 15.9 Å². The number of allylic oxidation sites excluding steroid dienone is 1. The molecule has 6 nitrogen and oxygen atoms in total. The molecule has 0 radical (unpaired) electrons. The van der Waals surface area contributed by atoms with Gasteiger partial charge in [-0.05, 0) is 30.7 Å². The molecule has 1 aromatic carbocycles. The van der Waals surface area contributed by atoms with Crippen LogP contribution in [0, 0.1) is 0 Å². The molecule has 0 heterocycles. The second-order valence-electron chi connectivity index (χ2n) is 5.10. The molecular weight excluding hydrogens is 316 g/mol. The highest BCUT2D eigenvalue weighted by Gasteiger charge is 2.24. The van der Waals surface area contributed by atoms with Crippen LogP contribution in [0.4, 0.5) is 11.4 Å². The fourth-order valence-corrected chi connectivity index (χ4v) is 2.90. The van der Waals surface area contributed by atoms with E-state index in [0.717, 1.165) is 17.0 Å². The quantitative estimate of drug-likeness (QED) is 0.746. The summed E-state index contributed by atoms with van der Waals surface area (Å²) in [6.45, 7) is 3.36. The number of hydrogen-bond donors (Lipinski definition) is 0. The van der Waals surface area contributed by atoms with Crippen molar-refractivity contribution in [3.05, 3.63) is 36.4 Å². The van der Waals surface area contributed by atoms with Crippen molar-refractivity contribution in [2.75, 3.05) is 22.5 Å². The van der Waals surface area contributed by atoms with Crippen LogP contribution in [0.3, 0.4) is 0 Å². The van der Waals surface area contributed by atoms with Gasteiger partial charge in [-0.3, -0.25) is 9.59 Å². The lowest BCUT2D eigenvalue weighted by Gasteiger charge is -2.21. The van der Waals surface area contributed by atoms with Gasteiger partial charge in [0.2, 0.25) is 21.8 Å². The van der Waals surface area contributed by atoms with Gasteiger partial charge in [-0.15, -0.1) is 0 Å². The largest absolute Gasteiger partial charge is 0.316 e. The van der Waals surface area contributed by atoms with Crippen LogP contribution in [0.2, 0.25) is 0 Å². The molecule has 126 valence electrons. The van der Waals surface area contributed by atoms with E-state index in [-0.39, 0.29) is 18.0 Å². The average molecular weight is 338 g/mol. The smallest absolute Gasteiger partial charge is 0.244 e. The molecule has 0 unspecified atom stereocenters. The number of benzene rings is 1. The van der Waals surface area contributed by atoms with Crippen molar-refractivity contribution >= 4 is 33.2 Å². The first kappa shape index (κ1) is 18.9. The summed E-state index contributed by atoms with van der Waals surface area (Å²) in [6.07, 6.45) is 5.24. The molecule has 7 heteroatoms. The maximum atomic E-state index is 12.2. The zero-order valence-corrected chi connectivity index (χ0v) is 14.6. The molecule has 0 aliphatic rings. The number of carbonyl (C=O) groups excluding carboxylic acids is 2. The topological polar surface area (TPSA) is 74.8 Å². The molecule has 0 saturated heterocycles. The van der Waals surface area contributed by atoms with E-state index >= 15 is 0 Å². The van der Waals surface area contributed by atoms with Crippen LogP contribution in [0.15, 0.2) is 36.4 Å². The van der Waals surface area contributed by atoms with Crippen molar-refractivity contribution in [3.63, 3.8) is 0 Å². The third kappa shape index (κ3) is 5.21. The first-order valence-electron chi connectivity index (χ1n) is 7.21. The average Bonchev–Trinajstić information content (AvgIpc) is 2.46. The predicted octanol–water partition coefficient (Wildman–Crippen LogP) is 2.32. The van der Waals surface area contributed by atoms with E-state index in [0.29, 0.717) is 5.69 Å². The zero-order chi connectivity index (χ0) is 17.6. The van der Waals surface area contributed by atoms with E-state index in [1.807, 2.05) is 13.0 Å². The summed E-state index contributed by atoms with van der Waals surface area (Å²) in [6, 6.07) is 6.22. The Morgan fingerprint density at radius 3 is 2.04 bits per heavy atom. The van der Waals surface area contributed by atoms with Crippen LogP contribution in [0.25, 0.3) is 0 Å². The summed E-state index contributed by atoms with van der Waals surface area (Å²) >= 11 is 0. The lowest BCUT2D eigenvalue weighted by Crippen LogP contribution is -2.35. The molecule has 0 bridgehead atoms. The van der Waals surface area contributed by atoms with Crippen LogP contribution >= 0.6 is 0 Å². The fraction of sp³-hybridized carbons (Fsp3) is 0.375.